The third kappa shape index (κ3) is 3.93. The van der Waals surface area contributed by atoms with Gasteiger partial charge in [0.25, 0.3) is 0 Å². The quantitative estimate of drug-likeness (QED) is 0.520. The fourth-order valence-corrected chi connectivity index (χ4v) is 1.42. The SMILES string of the molecule is C1CNCCN1.CCN1CCNC1=O. The van der Waals surface area contributed by atoms with E-state index in [-0.39, 0.29) is 6.03 Å². The normalized spacial score (nSPS) is 21.2. The van der Waals surface area contributed by atoms with Crippen LogP contribution in [0.25, 0.3) is 0 Å². The number of likely N-dealkylation sites (N-methyl/N-ethyl adjacent to an activating group) is 1. The van der Waals surface area contributed by atoms with Gasteiger partial charge in [-0.15, -0.1) is 0 Å². The maximum atomic E-state index is 10.6. The summed E-state index contributed by atoms with van der Waals surface area (Å²) in [5, 5.41) is 9.15. The molecule has 2 saturated heterocycles. The third-order valence-electron chi connectivity index (χ3n) is 2.28. The van der Waals surface area contributed by atoms with Gasteiger partial charge in [0.2, 0.25) is 0 Å². The van der Waals surface area contributed by atoms with Crippen LogP contribution in [0.1, 0.15) is 6.92 Å². The van der Waals surface area contributed by atoms with Crippen molar-refractivity contribution >= 4 is 6.03 Å². The second-order valence-electron chi connectivity index (χ2n) is 3.31. The molecule has 0 radical (unpaired) electrons. The van der Waals surface area contributed by atoms with Crippen LogP contribution in [-0.2, 0) is 0 Å². The van der Waals surface area contributed by atoms with Crippen LogP contribution in [0.4, 0.5) is 4.79 Å². The molecule has 14 heavy (non-hydrogen) atoms. The predicted molar refractivity (Wildman–Crippen MR) is 56.4 cm³/mol. The zero-order valence-electron chi connectivity index (χ0n) is 8.81. The van der Waals surface area contributed by atoms with E-state index < -0.39 is 0 Å². The molecule has 0 aromatic rings. The van der Waals surface area contributed by atoms with E-state index in [0.717, 1.165) is 45.8 Å². The summed E-state index contributed by atoms with van der Waals surface area (Å²) in [5.74, 6) is 0. The Morgan fingerprint density at radius 1 is 1.14 bits per heavy atom. The molecular weight excluding hydrogens is 180 g/mol. The highest BCUT2D eigenvalue weighted by molar-refractivity contribution is 5.75. The fraction of sp³-hybridized carbons (Fsp3) is 0.889. The van der Waals surface area contributed by atoms with E-state index in [2.05, 4.69) is 16.0 Å². The molecule has 3 N–H and O–H groups in total. The molecule has 0 aliphatic carbocycles. The van der Waals surface area contributed by atoms with E-state index in [1.165, 1.54) is 0 Å². The van der Waals surface area contributed by atoms with Crippen molar-refractivity contribution in [1.82, 2.24) is 20.9 Å². The highest BCUT2D eigenvalue weighted by Crippen LogP contribution is 1.93. The second kappa shape index (κ2) is 6.62. The summed E-state index contributed by atoms with van der Waals surface area (Å²) < 4.78 is 0. The van der Waals surface area contributed by atoms with E-state index in [1.54, 1.807) is 4.90 Å². The van der Waals surface area contributed by atoms with Crippen LogP contribution in [0.3, 0.4) is 0 Å². The van der Waals surface area contributed by atoms with Gasteiger partial charge in [-0.25, -0.2) is 4.79 Å². The van der Waals surface area contributed by atoms with Gasteiger partial charge in [-0.1, -0.05) is 0 Å². The average molecular weight is 200 g/mol. The number of piperazine rings is 1. The Labute approximate surface area is 85.2 Å². The molecule has 0 aromatic heterocycles. The van der Waals surface area contributed by atoms with Gasteiger partial charge in [-0.2, -0.15) is 0 Å². The number of urea groups is 1. The van der Waals surface area contributed by atoms with Crippen molar-refractivity contribution in [3.63, 3.8) is 0 Å². The standard InChI is InChI=1S/C5H10N2O.C4H10N2/c1-2-7-4-3-6-5(7)8;1-2-6-4-3-5-1/h2-4H2,1H3,(H,6,8);5-6H,1-4H2. The number of carbonyl (C=O) groups is 1. The van der Waals surface area contributed by atoms with E-state index in [9.17, 15) is 4.79 Å². The molecule has 0 aromatic carbocycles. The van der Waals surface area contributed by atoms with Crippen molar-refractivity contribution in [3.05, 3.63) is 0 Å². The van der Waals surface area contributed by atoms with Crippen molar-refractivity contribution in [3.8, 4) is 0 Å². The van der Waals surface area contributed by atoms with Crippen molar-refractivity contribution in [1.29, 1.82) is 0 Å². The van der Waals surface area contributed by atoms with Crippen molar-refractivity contribution in [2.45, 2.75) is 6.92 Å². The molecule has 2 aliphatic rings. The number of hydrogen-bond acceptors (Lipinski definition) is 3. The molecule has 2 heterocycles. The van der Waals surface area contributed by atoms with Crippen LogP contribution in [0.15, 0.2) is 0 Å². The number of carbonyl (C=O) groups excluding carboxylic acids is 1. The third-order valence-corrected chi connectivity index (χ3v) is 2.28. The summed E-state index contributed by atoms with van der Waals surface area (Å²) in [5.41, 5.74) is 0. The lowest BCUT2D eigenvalue weighted by molar-refractivity contribution is 0.219. The Morgan fingerprint density at radius 3 is 1.93 bits per heavy atom. The van der Waals surface area contributed by atoms with Gasteiger partial charge >= 0.3 is 6.03 Å². The summed E-state index contributed by atoms with van der Waals surface area (Å²) in [6.07, 6.45) is 0. The monoisotopic (exact) mass is 200 g/mol. The Balaban J connectivity index is 0.000000146. The van der Waals surface area contributed by atoms with Crippen molar-refractivity contribution in [2.75, 3.05) is 45.8 Å². The molecule has 5 heteroatoms. The molecule has 0 saturated carbocycles. The first kappa shape index (κ1) is 11.3. The topological polar surface area (TPSA) is 56.4 Å². The number of hydrogen-bond donors (Lipinski definition) is 3. The zero-order valence-corrected chi connectivity index (χ0v) is 8.81. The second-order valence-corrected chi connectivity index (χ2v) is 3.31. The summed E-state index contributed by atoms with van der Waals surface area (Å²) in [7, 11) is 0. The first-order chi connectivity index (χ1) is 6.84. The summed E-state index contributed by atoms with van der Waals surface area (Å²) in [4.78, 5) is 12.4. The lowest BCUT2D eigenvalue weighted by atomic mass is 10.4. The van der Waals surface area contributed by atoms with E-state index in [1.807, 2.05) is 6.92 Å². The molecular formula is C9H20N4O. The van der Waals surface area contributed by atoms with Crippen LogP contribution in [0, 0.1) is 0 Å². The number of amides is 2. The maximum Gasteiger partial charge on any atom is 0.317 e. The van der Waals surface area contributed by atoms with Gasteiger partial charge in [-0.3, -0.25) is 0 Å². The molecule has 0 spiro atoms. The molecule has 2 aliphatic heterocycles. The van der Waals surface area contributed by atoms with E-state index in [4.69, 9.17) is 0 Å². The van der Waals surface area contributed by atoms with Crippen LogP contribution in [0.5, 0.6) is 0 Å². The van der Waals surface area contributed by atoms with E-state index in [0.29, 0.717) is 0 Å². The number of nitrogens with one attached hydrogen (secondary N) is 3. The summed E-state index contributed by atoms with van der Waals surface area (Å²) >= 11 is 0. The van der Waals surface area contributed by atoms with Crippen molar-refractivity contribution in [2.24, 2.45) is 0 Å². The van der Waals surface area contributed by atoms with Gasteiger partial charge in [0.15, 0.2) is 0 Å². The van der Waals surface area contributed by atoms with Crippen LogP contribution >= 0.6 is 0 Å². The molecule has 0 bridgehead atoms. The molecule has 2 rings (SSSR count). The minimum atomic E-state index is 0.0764. The fourth-order valence-electron chi connectivity index (χ4n) is 1.42. The van der Waals surface area contributed by atoms with Gasteiger partial charge < -0.3 is 20.9 Å². The van der Waals surface area contributed by atoms with Gasteiger partial charge in [0.05, 0.1) is 0 Å². The summed E-state index contributed by atoms with van der Waals surface area (Å²) in [6, 6.07) is 0.0764. The first-order valence-corrected chi connectivity index (χ1v) is 5.29. The van der Waals surface area contributed by atoms with Crippen molar-refractivity contribution < 1.29 is 4.79 Å². The lowest BCUT2D eigenvalue weighted by Gasteiger charge is -2.11. The van der Waals surface area contributed by atoms with Gasteiger partial charge in [-0.05, 0) is 6.92 Å². The van der Waals surface area contributed by atoms with Gasteiger partial charge in [0, 0.05) is 45.8 Å². The molecule has 82 valence electrons. The molecule has 5 nitrogen and oxygen atoms in total. The molecule has 0 unspecified atom stereocenters. The number of rotatable bonds is 1. The van der Waals surface area contributed by atoms with Crippen LogP contribution in [-0.4, -0.2) is 56.7 Å². The minimum absolute atomic E-state index is 0.0764. The minimum Gasteiger partial charge on any atom is -0.336 e. The molecule has 0 atom stereocenters. The zero-order chi connectivity index (χ0) is 10.2. The van der Waals surface area contributed by atoms with E-state index >= 15 is 0 Å². The summed E-state index contributed by atoms with van der Waals surface area (Å²) in [6.45, 7) is 9.04. The van der Waals surface area contributed by atoms with Gasteiger partial charge in [0.1, 0.15) is 0 Å². The van der Waals surface area contributed by atoms with Crippen LogP contribution < -0.4 is 16.0 Å². The predicted octanol–water partition coefficient (Wildman–Crippen LogP) is -0.789. The maximum absolute atomic E-state index is 10.6. The Hall–Kier alpha value is -0.810. The first-order valence-electron chi connectivity index (χ1n) is 5.29. The molecule has 2 amide bonds. The average Bonchev–Trinajstić information content (AvgIpc) is 2.67. The van der Waals surface area contributed by atoms with Crippen LogP contribution in [0.2, 0.25) is 0 Å². The lowest BCUT2D eigenvalue weighted by Crippen LogP contribution is -2.39. The molecule has 2 fully saturated rings. The Morgan fingerprint density at radius 2 is 1.71 bits per heavy atom. The number of nitrogens with zero attached hydrogens (tertiary/aromatic N) is 1. The Kier molecular flexibility index (Phi) is 5.32. The highest BCUT2D eigenvalue weighted by Gasteiger charge is 2.15. The smallest absolute Gasteiger partial charge is 0.317 e. The highest BCUT2D eigenvalue weighted by atomic mass is 16.2. The largest absolute Gasteiger partial charge is 0.336 e. The Bertz CT molecular complexity index is 159.